The van der Waals surface area contributed by atoms with Gasteiger partial charge in [-0.05, 0) is 30.1 Å². The molecular formula is C11H22S. The minimum Gasteiger partial charge on any atom is -0.172 e. The average Bonchev–Trinajstić information content (AvgIpc) is 2.02. The minimum absolute atomic E-state index is 0.237. The Bertz CT molecular complexity index is 172. The van der Waals surface area contributed by atoms with Crippen LogP contribution in [-0.4, -0.2) is 4.75 Å². The van der Waals surface area contributed by atoms with E-state index in [0.29, 0.717) is 5.41 Å². The van der Waals surface area contributed by atoms with Crippen molar-refractivity contribution in [2.45, 2.75) is 52.2 Å². The van der Waals surface area contributed by atoms with Crippen molar-refractivity contribution in [3.63, 3.8) is 0 Å². The van der Waals surface area contributed by atoms with Crippen LogP contribution in [-0.2, 0) is 0 Å². The van der Waals surface area contributed by atoms with Crippen LogP contribution in [0, 0.1) is 17.3 Å². The Morgan fingerprint density at radius 2 is 1.75 bits per heavy atom. The summed E-state index contributed by atoms with van der Waals surface area (Å²) in [5, 5.41) is 0. The zero-order chi connectivity index (χ0) is 9.57. The highest BCUT2D eigenvalue weighted by Gasteiger charge is 2.50. The maximum atomic E-state index is 4.83. The smallest absolute Gasteiger partial charge is 0.0160 e. The Kier molecular flexibility index (Phi) is 2.55. The van der Waals surface area contributed by atoms with Crippen LogP contribution in [0.4, 0.5) is 0 Å². The van der Waals surface area contributed by atoms with Gasteiger partial charge in [-0.3, -0.25) is 0 Å². The Morgan fingerprint density at radius 3 is 1.92 bits per heavy atom. The van der Waals surface area contributed by atoms with Crippen molar-refractivity contribution < 1.29 is 0 Å². The lowest BCUT2D eigenvalue weighted by atomic mass is 9.71. The first-order valence-electron chi connectivity index (χ1n) is 5.02. The van der Waals surface area contributed by atoms with Gasteiger partial charge in [0.05, 0.1) is 0 Å². The number of rotatable bonds is 1. The molecule has 3 unspecified atom stereocenters. The molecule has 72 valence electrons. The van der Waals surface area contributed by atoms with Crippen LogP contribution in [0.5, 0.6) is 0 Å². The van der Waals surface area contributed by atoms with Gasteiger partial charge in [-0.15, -0.1) is 0 Å². The predicted molar refractivity (Wildman–Crippen MR) is 58.7 cm³/mol. The molecule has 0 aromatic rings. The fourth-order valence-corrected chi connectivity index (χ4v) is 3.45. The van der Waals surface area contributed by atoms with Gasteiger partial charge in [0, 0.05) is 4.75 Å². The lowest BCUT2D eigenvalue weighted by Gasteiger charge is -2.41. The summed E-state index contributed by atoms with van der Waals surface area (Å²) in [4.78, 5) is 0. The second-order valence-corrected chi connectivity index (χ2v) is 6.35. The van der Waals surface area contributed by atoms with Crippen molar-refractivity contribution in [1.82, 2.24) is 0 Å². The fraction of sp³-hybridized carbons (Fsp3) is 1.00. The number of hydrogen-bond donors (Lipinski definition) is 1. The van der Waals surface area contributed by atoms with E-state index in [2.05, 4.69) is 34.6 Å². The summed E-state index contributed by atoms with van der Waals surface area (Å²) >= 11 is 4.83. The summed E-state index contributed by atoms with van der Waals surface area (Å²) in [6.45, 7) is 11.7. The molecule has 0 aromatic carbocycles. The van der Waals surface area contributed by atoms with Crippen molar-refractivity contribution in [2.24, 2.45) is 17.3 Å². The molecule has 1 fully saturated rings. The van der Waals surface area contributed by atoms with Crippen molar-refractivity contribution in [2.75, 3.05) is 0 Å². The first-order valence-corrected chi connectivity index (χ1v) is 5.47. The lowest BCUT2D eigenvalue weighted by molar-refractivity contribution is 0.182. The monoisotopic (exact) mass is 186 g/mol. The Morgan fingerprint density at radius 1 is 1.25 bits per heavy atom. The molecule has 0 amide bonds. The summed E-state index contributed by atoms with van der Waals surface area (Å²) in [7, 11) is 0. The second-order valence-electron chi connectivity index (χ2n) is 5.36. The van der Waals surface area contributed by atoms with E-state index in [4.69, 9.17) is 12.6 Å². The molecule has 3 atom stereocenters. The van der Waals surface area contributed by atoms with Crippen molar-refractivity contribution in [1.29, 1.82) is 0 Å². The van der Waals surface area contributed by atoms with Crippen LogP contribution in [0.1, 0.15) is 47.5 Å². The first kappa shape index (κ1) is 10.4. The molecule has 0 saturated heterocycles. The van der Waals surface area contributed by atoms with Crippen LogP contribution >= 0.6 is 12.6 Å². The molecule has 1 rings (SSSR count). The highest BCUT2D eigenvalue weighted by Crippen LogP contribution is 2.56. The third kappa shape index (κ3) is 1.41. The molecule has 0 radical (unpaired) electrons. The predicted octanol–water partition coefficient (Wildman–Crippen LogP) is 3.77. The molecule has 0 aromatic heterocycles. The Hall–Kier alpha value is 0.350. The third-order valence-electron chi connectivity index (χ3n) is 4.02. The Labute approximate surface area is 82.5 Å². The van der Waals surface area contributed by atoms with Crippen LogP contribution in [0.3, 0.4) is 0 Å². The molecular weight excluding hydrogens is 164 g/mol. The van der Waals surface area contributed by atoms with E-state index in [-0.39, 0.29) is 4.75 Å². The van der Waals surface area contributed by atoms with Gasteiger partial charge in [-0.25, -0.2) is 0 Å². The van der Waals surface area contributed by atoms with Gasteiger partial charge >= 0.3 is 0 Å². The molecule has 1 saturated carbocycles. The highest BCUT2D eigenvalue weighted by molar-refractivity contribution is 7.81. The van der Waals surface area contributed by atoms with Crippen LogP contribution in [0.15, 0.2) is 0 Å². The molecule has 1 aliphatic rings. The molecule has 0 bridgehead atoms. The Balaban J connectivity index is 2.90. The van der Waals surface area contributed by atoms with Crippen LogP contribution in [0.2, 0.25) is 0 Å². The van der Waals surface area contributed by atoms with Crippen molar-refractivity contribution in [3.05, 3.63) is 0 Å². The van der Waals surface area contributed by atoms with Gasteiger partial charge < -0.3 is 0 Å². The first-order chi connectivity index (χ1) is 5.29. The zero-order valence-corrected chi connectivity index (χ0v) is 9.91. The molecule has 0 N–H and O–H groups in total. The number of hydrogen-bond acceptors (Lipinski definition) is 1. The van der Waals surface area contributed by atoms with E-state index in [1.165, 1.54) is 12.8 Å². The third-order valence-corrected chi connectivity index (χ3v) is 4.72. The number of thiol groups is 1. The zero-order valence-electron chi connectivity index (χ0n) is 9.02. The molecule has 0 spiro atoms. The van der Waals surface area contributed by atoms with Crippen molar-refractivity contribution in [3.8, 4) is 0 Å². The minimum atomic E-state index is 0.237. The molecule has 1 aliphatic carbocycles. The fourth-order valence-electron chi connectivity index (χ4n) is 2.79. The van der Waals surface area contributed by atoms with Gasteiger partial charge in [-0.1, -0.05) is 34.6 Å². The molecule has 1 heteroatoms. The van der Waals surface area contributed by atoms with E-state index in [1.807, 2.05) is 0 Å². The summed E-state index contributed by atoms with van der Waals surface area (Å²) in [5.41, 5.74) is 0.426. The molecule has 0 heterocycles. The maximum absolute atomic E-state index is 4.83. The van der Waals surface area contributed by atoms with Gasteiger partial charge in [-0.2, -0.15) is 12.6 Å². The summed E-state index contributed by atoms with van der Waals surface area (Å²) in [6.07, 6.45) is 2.61. The van der Waals surface area contributed by atoms with Crippen LogP contribution in [0.25, 0.3) is 0 Å². The van der Waals surface area contributed by atoms with E-state index in [0.717, 1.165) is 11.8 Å². The molecule has 0 nitrogen and oxygen atoms in total. The second kappa shape index (κ2) is 2.94. The standard InChI is InChI=1S/C11H22S/c1-8(2)10(4)6-9(3)7-11(10,5)12/h8-9,12H,6-7H2,1-5H3. The molecule has 12 heavy (non-hydrogen) atoms. The largest absolute Gasteiger partial charge is 0.172 e. The summed E-state index contributed by atoms with van der Waals surface area (Å²) in [5.74, 6) is 1.59. The van der Waals surface area contributed by atoms with E-state index in [9.17, 15) is 0 Å². The van der Waals surface area contributed by atoms with Gasteiger partial charge in [0.1, 0.15) is 0 Å². The van der Waals surface area contributed by atoms with E-state index in [1.54, 1.807) is 0 Å². The van der Waals surface area contributed by atoms with Crippen LogP contribution < -0.4 is 0 Å². The lowest BCUT2D eigenvalue weighted by Crippen LogP contribution is -2.38. The van der Waals surface area contributed by atoms with Gasteiger partial charge in [0.2, 0.25) is 0 Å². The van der Waals surface area contributed by atoms with E-state index < -0.39 is 0 Å². The average molecular weight is 186 g/mol. The van der Waals surface area contributed by atoms with Crippen molar-refractivity contribution >= 4 is 12.6 Å². The maximum Gasteiger partial charge on any atom is 0.0160 e. The normalized spacial score (nSPS) is 48.8. The summed E-state index contributed by atoms with van der Waals surface area (Å²) in [6, 6.07) is 0. The van der Waals surface area contributed by atoms with E-state index >= 15 is 0 Å². The summed E-state index contributed by atoms with van der Waals surface area (Å²) < 4.78 is 0.237. The highest BCUT2D eigenvalue weighted by atomic mass is 32.1. The van der Waals surface area contributed by atoms with Gasteiger partial charge in [0.25, 0.3) is 0 Å². The topological polar surface area (TPSA) is 0 Å². The van der Waals surface area contributed by atoms with Gasteiger partial charge in [0.15, 0.2) is 0 Å². The quantitative estimate of drug-likeness (QED) is 0.592. The SMILES string of the molecule is CC1CC(C)(S)C(C)(C(C)C)C1. The molecule has 0 aliphatic heterocycles.